The van der Waals surface area contributed by atoms with Gasteiger partial charge in [0.2, 0.25) is 5.91 Å². The number of rotatable bonds is 6. The van der Waals surface area contributed by atoms with Crippen LogP contribution in [0.4, 0.5) is 10.6 Å². The van der Waals surface area contributed by atoms with Gasteiger partial charge in [-0.3, -0.25) is 9.89 Å². The van der Waals surface area contributed by atoms with Gasteiger partial charge in [0.1, 0.15) is 11.7 Å². The lowest BCUT2D eigenvalue weighted by atomic mass is 10.0. The second-order valence-electron chi connectivity index (χ2n) is 9.16. The molecular weight excluding hydrogens is 408 g/mol. The molecule has 2 saturated carbocycles. The van der Waals surface area contributed by atoms with Crippen LogP contribution in [0.3, 0.4) is 0 Å². The highest BCUT2D eigenvalue weighted by atomic mass is 16.6. The number of fused-ring (bicyclic) bond motifs is 1. The molecule has 2 amide bonds. The lowest BCUT2D eigenvalue weighted by molar-refractivity contribution is -0.117. The molecule has 5 rings (SSSR count). The number of nitrogens with zero attached hydrogens (tertiary/aromatic N) is 1. The van der Waals surface area contributed by atoms with Crippen molar-refractivity contribution in [1.29, 1.82) is 0 Å². The molecule has 0 spiro atoms. The average molecular weight is 437 g/mol. The van der Waals surface area contributed by atoms with E-state index in [0.717, 1.165) is 47.9 Å². The highest BCUT2D eigenvalue weighted by Crippen LogP contribution is 2.50. The van der Waals surface area contributed by atoms with Crippen LogP contribution in [-0.2, 0) is 9.53 Å². The number of benzene rings is 1. The predicted molar refractivity (Wildman–Crippen MR) is 119 cm³/mol. The fourth-order valence-corrected chi connectivity index (χ4v) is 4.75. The van der Waals surface area contributed by atoms with Crippen molar-refractivity contribution >= 4 is 28.8 Å². The molecule has 0 saturated heterocycles. The average Bonchev–Trinajstić information content (AvgIpc) is 3.11. The summed E-state index contributed by atoms with van der Waals surface area (Å²) in [6.07, 6.45) is 4.53. The van der Waals surface area contributed by atoms with Gasteiger partial charge in [0.15, 0.2) is 5.82 Å². The number of hydrogen-bond donors (Lipinski definition) is 3. The van der Waals surface area contributed by atoms with Crippen LogP contribution in [0.15, 0.2) is 41.0 Å². The minimum Gasteiger partial charge on any atom is -0.464 e. The first-order valence-electron chi connectivity index (χ1n) is 11.3. The number of ether oxygens (including phenoxy) is 1. The van der Waals surface area contributed by atoms with Crippen LogP contribution in [0.2, 0.25) is 0 Å². The first kappa shape index (κ1) is 20.6. The minimum absolute atomic E-state index is 0.00784. The third-order valence-electron chi connectivity index (χ3n) is 6.41. The van der Waals surface area contributed by atoms with Crippen LogP contribution in [0.5, 0.6) is 0 Å². The first-order chi connectivity index (χ1) is 15.5. The van der Waals surface area contributed by atoms with Crippen molar-refractivity contribution in [2.75, 3.05) is 5.32 Å². The zero-order valence-electron chi connectivity index (χ0n) is 18.3. The number of nitrogens with one attached hydrogen (secondary N) is 3. The molecule has 2 heterocycles. The van der Waals surface area contributed by atoms with Gasteiger partial charge in [-0.25, -0.2) is 4.79 Å². The summed E-state index contributed by atoms with van der Waals surface area (Å²) < 4.78 is 11.0. The van der Waals surface area contributed by atoms with Gasteiger partial charge in [-0.15, -0.1) is 0 Å². The Morgan fingerprint density at radius 3 is 2.94 bits per heavy atom. The van der Waals surface area contributed by atoms with Gasteiger partial charge >= 0.3 is 6.09 Å². The maximum atomic E-state index is 12.8. The number of carbonyl (C=O) groups is 2. The molecule has 0 aliphatic heterocycles. The summed E-state index contributed by atoms with van der Waals surface area (Å²) in [6.45, 7) is 3.81. The van der Waals surface area contributed by atoms with E-state index in [4.69, 9.17) is 9.15 Å². The van der Waals surface area contributed by atoms with E-state index >= 15 is 0 Å². The van der Waals surface area contributed by atoms with Gasteiger partial charge in [-0.2, -0.15) is 5.10 Å². The van der Waals surface area contributed by atoms with Crippen LogP contribution in [0, 0.1) is 5.92 Å². The normalized spacial score (nSPS) is 24.6. The van der Waals surface area contributed by atoms with Crippen molar-refractivity contribution in [1.82, 2.24) is 15.5 Å². The largest absolute Gasteiger partial charge is 0.464 e. The number of H-pyrrole nitrogens is 1. The smallest absolute Gasteiger partial charge is 0.407 e. The summed E-state index contributed by atoms with van der Waals surface area (Å²) in [5.74, 6) is 0.918. The molecule has 0 bridgehead atoms. The number of aromatic nitrogens is 2. The Labute approximate surface area is 186 Å². The first-order valence-corrected chi connectivity index (χ1v) is 11.3. The zero-order chi connectivity index (χ0) is 22.2. The third-order valence-corrected chi connectivity index (χ3v) is 6.41. The van der Waals surface area contributed by atoms with Gasteiger partial charge < -0.3 is 19.8 Å². The number of carbonyl (C=O) groups excluding carboxylic acids is 2. The molecule has 8 nitrogen and oxygen atoms in total. The summed E-state index contributed by atoms with van der Waals surface area (Å²) >= 11 is 0. The molecule has 2 fully saturated rings. The van der Waals surface area contributed by atoms with Crippen LogP contribution >= 0.6 is 0 Å². The molecule has 3 N–H and O–H groups in total. The molecule has 0 radical (unpaired) electrons. The van der Waals surface area contributed by atoms with Crippen LogP contribution in [-0.4, -0.2) is 34.3 Å². The summed E-state index contributed by atoms with van der Waals surface area (Å²) in [7, 11) is 0. The van der Waals surface area contributed by atoms with Crippen molar-refractivity contribution in [3.05, 3.63) is 47.9 Å². The molecule has 2 aliphatic rings. The van der Waals surface area contributed by atoms with E-state index in [1.165, 1.54) is 0 Å². The maximum absolute atomic E-state index is 12.8. The van der Waals surface area contributed by atoms with Crippen LogP contribution < -0.4 is 10.6 Å². The second-order valence-corrected chi connectivity index (χ2v) is 9.16. The van der Waals surface area contributed by atoms with Crippen molar-refractivity contribution in [2.45, 2.75) is 63.5 Å². The summed E-state index contributed by atoms with van der Waals surface area (Å²) in [5.41, 5.74) is 2.98. The molecule has 8 heteroatoms. The van der Waals surface area contributed by atoms with Gasteiger partial charge in [0.25, 0.3) is 0 Å². The Morgan fingerprint density at radius 2 is 2.09 bits per heavy atom. The SMILES string of the molecule is CC(C)NC(=O)O[C@H]1CC[C@H](c2cc(NC(=O)[C@@H]3C[C@H]3c3cccc4occc34)n[nH]2)C1. The topological polar surface area (TPSA) is 109 Å². The Kier molecular flexibility index (Phi) is 5.36. The summed E-state index contributed by atoms with van der Waals surface area (Å²) in [4.78, 5) is 24.6. The highest BCUT2D eigenvalue weighted by Gasteiger charge is 2.45. The Hall–Kier alpha value is -3.29. The Bertz CT molecular complexity index is 1130. The highest BCUT2D eigenvalue weighted by molar-refractivity contribution is 5.95. The van der Waals surface area contributed by atoms with E-state index in [0.29, 0.717) is 5.82 Å². The molecule has 4 atom stereocenters. The van der Waals surface area contributed by atoms with E-state index < -0.39 is 0 Å². The molecule has 3 aromatic rings. The van der Waals surface area contributed by atoms with Gasteiger partial charge in [-0.05, 0) is 63.1 Å². The van der Waals surface area contributed by atoms with Crippen molar-refractivity contribution < 1.29 is 18.7 Å². The number of hydrogen-bond acceptors (Lipinski definition) is 5. The van der Waals surface area contributed by atoms with E-state index in [2.05, 4.69) is 26.9 Å². The molecular formula is C24H28N4O4. The fourth-order valence-electron chi connectivity index (χ4n) is 4.75. The maximum Gasteiger partial charge on any atom is 0.407 e. The summed E-state index contributed by atoms with van der Waals surface area (Å²) in [6, 6.07) is 9.90. The van der Waals surface area contributed by atoms with E-state index in [1.54, 1.807) is 6.26 Å². The lowest BCUT2D eigenvalue weighted by Crippen LogP contribution is -2.33. The van der Waals surface area contributed by atoms with Gasteiger partial charge in [0.05, 0.1) is 6.26 Å². The van der Waals surface area contributed by atoms with E-state index in [9.17, 15) is 9.59 Å². The Balaban J connectivity index is 1.15. The molecule has 32 heavy (non-hydrogen) atoms. The zero-order valence-corrected chi connectivity index (χ0v) is 18.3. The van der Waals surface area contributed by atoms with Crippen molar-refractivity contribution in [3.8, 4) is 0 Å². The van der Waals surface area contributed by atoms with Crippen molar-refractivity contribution in [3.63, 3.8) is 0 Å². The quantitative estimate of drug-likeness (QED) is 0.520. The molecule has 2 aliphatic carbocycles. The molecule has 1 aromatic carbocycles. The number of furan rings is 1. The lowest BCUT2D eigenvalue weighted by Gasteiger charge is -2.14. The van der Waals surface area contributed by atoms with E-state index in [-0.39, 0.29) is 41.9 Å². The fraction of sp³-hybridized carbons (Fsp3) is 0.458. The molecule has 2 aromatic heterocycles. The second kappa shape index (κ2) is 8.33. The van der Waals surface area contributed by atoms with E-state index in [1.807, 2.05) is 38.1 Å². The number of anilines is 1. The summed E-state index contributed by atoms with van der Waals surface area (Å²) in [5, 5.41) is 14.1. The predicted octanol–water partition coefficient (Wildman–Crippen LogP) is 4.67. The number of alkyl carbamates (subject to hydrolysis) is 1. The standard InChI is InChI=1S/C24H28N4O4/c1-13(2)25-24(30)32-15-7-6-14(10-15)20-12-22(28-27-20)26-23(29)19-11-18(19)16-4-3-5-21-17(16)8-9-31-21/h3-5,8-9,12-15,18-19H,6-7,10-11H2,1-2H3,(H,25,30)(H2,26,27,28,29)/t14-,15-,18-,19+/m0/s1. The van der Waals surface area contributed by atoms with Gasteiger partial charge in [0, 0.05) is 35.0 Å². The number of aromatic amines is 1. The van der Waals surface area contributed by atoms with Crippen molar-refractivity contribution in [2.24, 2.45) is 5.92 Å². The van der Waals surface area contributed by atoms with Crippen LogP contribution in [0.25, 0.3) is 11.0 Å². The number of amides is 2. The monoisotopic (exact) mass is 436 g/mol. The minimum atomic E-state index is -0.367. The molecule has 0 unspecified atom stereocenters. The van der Waals surface area contributed by atoms with Crippen LogP contribution in [0.1, 0.15) is 62.6 Å². The Morgan fingerprint density at radius 1 is 1.22 bits per heavy atom. The van der Waals surface area contributed by atoms with Gasteiger partial charge in [-0.1, -0.05) is 12.1 Å². The third kappa shape index (κ3) is 4.22. The molecule has 168 valence electrons.